The number of hydrogen-bond donors (Lipinski definition) is 1. The molecule has 0 radical (unpaired) electrons. The van der Waals surface area contributed by atoms with Crippen LogP contribution in [0.5, 0.6) is 5.75 Å². The highest BCUT2D eigenvalue weighted by atomic mass is 79.9. The maximum absolute atomic E-state index is 5.92. The van der Waals surface area contributed by atoms with E-state index in [1.54, 1.807) is 6.21 Å². The van der Waals surface area contributed by atoms with E-state index in [1.165, 1.54) is 11.3 Å². The monoisotopic (exact) mass is 449 g/mol. The van der Waals surface area contributed by atoms with Crippen LogP contribution in [0.1, 0.15) is 19.4 Å². The third kappa shape index (κ3) is 5.06. The third-order valence-corrected chi connectivity index (χ3v) is 4.96. The molecule has 0 saturated heterocycles. The summed E-state index contributed by atoms with van der Waals surface area (Å²) < 4.78 is 6.60. The lowest BCUT2D eigenvalue weighted by molar-refractivity contribution is 0.241. The minimum atomic E-state index is 0.132. The lowest BCUT2D eigenvalue weighted by Crippen LogP contribution is -2.06. The molecule has 1 aromatic heterocycles. The molecule has 1 N–H and O–H groups in total. The van der Waals surface area contributed by atoms with Gasteiger partial charge in [0.1, 0.15) is 5.75 Å². The Morgan fingerprint density at radius 1 is 1.23 bits per heavy atom. The van der Waals surface area contributed by atoms with E-state index in [0.29, 0.717) is 5.02 Å². The van der Waals surface area contributed by atoms with Crippen molar-refractivity contribution in [3.63, 3.8) is 0 Å². The first-order valence-electron chi connectivity index (χ1n) is 7.98. The van der Waals surface area contributed by atoms with E-state index >= 15 is 0 Å². The van der Waals surface area contributed by atoms with Gasteiger partial charge >= 0.3 is 0 Å². The van der Waals surface area contributed by atoms with E-state index < -0.39 is 0 Å². The van der Waals surface area contributed by atoms with Gasteiger partial charge in [0, 0.05) is 16.0 Å². The van der Waals surface area contributed by atoms with Crippen LogP contribution in [0.4, 0.5) is 5.13 Å². The van der Waals surface area contributed by atoms with Crippen LogP contribution in [0.25, 0.3) is 11.3 Å². The minimum absolute atomic E-state index is 0.132. The van der Waals surface area contributed by atoms with Gasteiger partial charge in [-0.1, -0.05) is 23.7 Å². The molecule has 0 aliphatic carbocycles. The molecule has 2 aromatic carbocycles. The fraction of sp³-hybridized carbons (Fsp3) is 0.158. The van der Waals surface area contributed by atoms with E-state index in [-0.39, 0.29) is 6.10 Å². The summed E-state index contributed by atoms with van der Waals surface area (Å²) in [6.45, 7) is 4.00. The molecule has 3 rings (SSSR count). The maximum atomic E-state index is 5.92. The molecule has 4 nitrogen and oxygen atoms in total. The molecule has 0 bridgehead atoms. The van der Waals surface area contributed by atoms with Gasteiger partial charge in [-0.2, -0.15) is 5.10 Å². The van der Waals surface area contributed by atoms with Gasteiger partial charge in [-0.3, -0.25) is 5.43 Å². The van der Waals surface area contributed by atoms with Crippen LogP contribution in [0.2, 0.25) is 5.02 Å². The van der Waals surface area contributed by atoms with Gasteiger partial charge in [0.05, 0.1) is 22.5 Å². The number of anilines is 1. The average Bonchev–Trinajstić information content (AvgIpc) is 3.06. The van der Waals surface area contributed by atoms with Crippen molar-refractivity contribution in [1.29, 1.82) is 0 Å². The first-order chi connectivity index (χ1) is 12.5. The number of rotatable bonds is 6. The number of aromatic nitrogens is 1. The van der Waals surface area contributed by atoms with Crippen molar-refractivity contribution < 1.29 is 4.74 Å². The Bertz CT molecular complexity index is 909. The minimum Gasteiger partial charge on any atom is -0.490 e. The van der Waals surface area contributed by atoms with Crippen LogP contribution < -0.4 is 10.2 Å². The first kappa shape index (κ1) is 18.9. The van der Waals surface area contributed by atoms with Crippen molar-refractivity contribution in [1.82, 2.24) is 4.98 Å². The van der Waals surface area contributed by atoms with Gasteiger partial charge in [-0.15, -0.1) is 11.3 Å². The summed E-state index contributed by atoms with van der Waals surface area (Å²) >= 11 is 10.9. The Morgan fingerprint density at radius 3 is 2.69 bits per heavy atom. The van der Waals surface area contributed by atoms with Crippen LogP contribution in [0.3, 0.4) is 0 Å². The lowest BCUT2D eigenvalue weighted by atomic mass is 10.2. The number of nitrogens with zero attached hydrogens (tertiary/aromatic N) is 2. The van der Waals surface area contributed by atoms with Gasteiger partial charge in [-0.25, -0.2) is 4.98 Å². The highest BCUT2D eigenvalue weighted by Crippen LogP contribution is 2.27. The quantitative estimate of drug-likeness (QED) is 0.346. The number of thiazole rings is 1. The van der Waals surface area contributed by atoms with Gasteiger partial charge < -0.3 is 4.74 Å². The molecular weight excluding hydrogens is 434 g/mol. The largest absolute Gasteiger partial charge is 0.490 e. The molecule has 3 aromatic rings. The summed E-state index contributed by atoms with van der Waals surface area (Å²) in [5.74, 6) is 0.817. The molecule has 7 heteroatoms. The van der Waals surface area contributed by atoms with Crippen LogP contribution in [-0.4, -0.2) is 17.3 Å². The van der Waals surface area contributed by atoms with Gasteiger partial charge in [-0.05, 0) is 65.7 Å². The molecule has 0 amide bonds. The Kier molecular flexibility index (Phi) is 6.29. The zero-order valence-electron chi connectivity index (χ0n) is 14.2. The van der Waals surface area contributed by atoms with Crippen molar-refractivity contribution in [3.05, 3.63) is 62.9 Å². The molecule has 0 atom stereocenters. The van der Waals surface area contributed by atoms with Crippen molar-refractivity contribution >= 4 is 50.2 Å². The van der Waals surface area contributed by atoms with Crippen LogP contribution in [-0.2, 0) is 0 Å². The standard InChI is InChI=1S/C19H17BrClN3OS/c1-12(2)25-18-8-3-13(9-16(18)20)10-22-24-19-23-17(11-26-19)14-4-6-15(21)7-5-14/h3-12H,1-2H3,(H,23,24)/b22-10-. The molecule has 0 fully saturated rings. The predicted octanol–water partition coefficient (Wildman–Crippen LogP) is 6.46. The molecule has 1 heterocycles. The van der Waals surface area contributed by atoms with Crippen molar-refractivity contribution in [2.45, 2.75) is 20.0 Å². The topological polar surface area (TPSA) is 46.5 Å². The molecule has 0 aliphatic heterocycles. The van der Waals surface area contributed by atoms with Gasteiger partial charge in [0.15, 0.2) is 0 Å². The Labute approximate surface area is 170 Å². The number of nitrogens with one attached hydrogen (secondary N) is 1. The Hall–Kier alpha value is -1.89. The van der Waals surface area contributed by atoms with E-state index in [1.807, 2.05) is 61.7 Å². The third-order valence-electron chi connectivity index (χ3n) is 3.34. The SMILES string of the molecule is CC(C)Oc1ccc(/C=N\Nc2nc(-c3ccc(Cl)cc3)cs2)cc1Br. The zero-order chi connectivity index (χ0) is 18.5. The number of hydrazone groups is 1. The number of halogens is 2. The second-order valence-corrected chi connectivity index (χ2v) is 7.92. The average molecular weight is 451 g/mol. The van der Waals surface area contributed by atoms with Crippen molar-refractivity contribution in [2.75, 3.05) is 5.43 Å². The molecule has 0 unspecified atom stereocenters. The fourth-order valence-electron chi connectivity index (χ4n) is 2.19. The summed E-state index contributed by atoms with van der Waals surface area (Å²) in [6.07, 6.45) is 1.88. The molecule has 26 heavy (non-hydrogen) atoms. The van der Waals surface area contributed by atoms with Crippen LogP contribution in [0, 0.1) is 0 Å². The van der Waals surface area contributed by atoms with Gasteiger partial charge in [0.25, 0.3) is 0 Å². The van der Waals surface area contributed by atoms with E-state index in [4.69, 9.17) is 16.3 Å². The second kappa shape index (κ2) is 8.66. The maximum Gasteiger partial charge on any atom is 0.203 e. The van der Waals surface area contributed by atoms with Gasteiger partial charge in [0.2, 0.25) is 5.13 Å². The fourth-order valence-corrected chi connectivity index (χ4v) is 3.47. The number of benzene rings is 2. The highest BCUT2D eigenvalue weighted by Gasteiger charge is 2.05. The summed E-state index contributed by atoms with van der Waals surface area (Å²) in [6, 6.07) is 13.4. The van der Waals surface area contributed by atoms with Crippen molar-refractivity contribution in [3.8, 4) is 17.0 Å². The van der Waals surface area contributed by atoms with Crippen LogP contribution in [0.15, 0.2) is 57.4 Å². The molecule has 0 spiro atoms. The molecule has 134 valence electrons. The Balaban J connectivity index is 1.64. The summed E-state index contributed by atoms with van der Waals surface area (Å²) in [4.78, 5) is 4.53. The van der Waals surface area contributed by atoms with Crippen molar-refractivity contribution in [2.24, 2.45) is 5.10 Å². The van der Waals surface area contributed by atoms with Crippen LogP contribution >= 0.6 is 38.9 Å². The van der Waals surface area contributed by atoms with E-state index in [9.17, 15) is 0 Å². The summed E-state index contributed by atoms with van der Waals surface area (Å²) in [7, 11) is 0. The normalized spacial score (nSPS) is 11.3. The van der Waals surface area contributed by atoms with E-state index in [0.717, 1.165) is 32.2 Å². The molecule has 0 saturated carbocycles. The summed E-state index contributed by atoms with van der Waals surface area (Å²) in [5.41, 5.74) is 5.83. The predicted molar refractivity (Wildman–Crippen MR) is 114 cm³/mol. The summed E-state index contributed by atoms with van der Waals surface area (Å²) in [5, 5.41) is 7.67. The highest BCUT2D eigenvalue weighted by molar-refractivity contribution is 9.10. The Morgan fingerprint density at radius 2 is 2.00 bits per heavy atom. The molecule has 0 aliphatic rings. The first-order valence-corrected chi connectivity index (χ1v) is 10.0. The zero-order valence-corrected chi connectivity index (χ0v) is 17.4. The number of ether oxygens (including phenoxy) is 1. The smallest absolute Gasteiger partial charge is 0.203 e. The lowest BCUT2D eigenvalue weighted by Gasteiger charge is -2.11. The van der Waals surface area contributed by atoms with E-state index in [2.05, 4.69) is 31.4 Å². The molecular formula is C19H17BrClN3OS. The second-order valence-electron chi connectivity index (χ2n) is 5.77. The number of hydrogen-bond acceptors (Lipinski definition) is 5.